The number of halogens is 1. The second-order valence-electron chi connectivity index (χ2n) is 4.90. The Morgan fingerprint density at radius 3 is 2.35 bits per heavy atom. The van der Waals surface area contributed by atoms with E-state index < -0.39 is 0 Å². The maximum absolute atomic E-state index is 12.1. The fourth-order valence-electron chi connectivity index (χ4n) is 2.84. The Bertz CT molecular complexity index is 724. The molecule has 102 valence electrons. The topological polar surface area (TPSA) is 43.4 Å². The van der Waals surface area contributed by atoms with Crippen molar-refractivity contribution in [2.75, 3.05) is 5.33 Å². The highest BCUT2D eigenvalue weighted by Crippen LogP contribution is 2.38. The Labute approximate surface area is 125 Å². The maximum Gasteiger partial charge on any atom is 0.308 e. The smallest absolute Gasteiger partial charge is 0.308 e. The van der Waals surface area contributed by atoms with Gasteiger partial charge in [-0.05, 0) is 35.4 Å². The van der Waals surface area contributed by atoms with Crippen LogP contribution in [-0.4, -0.2) is 17.1 Å². The van der Waals surface area contributed by atoms with Gasteiger partial charge in [0.15, 0.2) is 5.78 Å². The summed E-state index contributed by atoms with van der Waals surface area (Å²) in [5.41, 5.74) is 3.05. The molecule has 3 nitrogen and oxygen atoms in total. The van der Waals surface area contributed by atoms with Crippen molar-refractivity contribution in [1.29, 1.82) is 0 Å². The second-order valence-corrected chi connectivity index (χ2v) is 5.46. The van der Waals surface area contributed by atoms with Crippen molar-refractivity contribution in [2.45, 2.75) is 19.8 Å². The van der Waals surface area contributed by atoms with Gasteiger partial charge in [0, 0.05) is 17.9 Å². The third kappa shape index (κ3) is 2.04. The highest BCUT2D eigenvalue weighted by molar-refractivity contribution is 9.09. The van der Waals surface area contributed by atoms with Crippen LogP contribution in [0.5, 0.6) is 5.75 Å². The van der Waals surface area contributed by atoms with Crippen molar-refractivity contribution in [3.63, 3.8) is 0 Å². The van der Waals surface area contributed by atoms with Crippen molar-refractivity contribution < 1.29 is 14.3 Å². The Hall–Kier alpha value is -1.68. The number of rotatable bonds is 3. The molecule has 1 aliphatic carbocycles. The molecule has 0 spiro atoms. The minimum Gasteiger partial charge on any atom is -0.426 e. The number of alkyl halides is 1. The summed E-state index contributed by atoms with van der Waals surface area (Å²) in [4.78, 5) is 23.4. The number of hydrogen-bond acceptors (Lipinski definition) is 3. The molecule has 0 aliphatic heterocycles. The molecule has 0 unspecified atom stereocenters. The first-order valence-corrected chi connectivity index (χ1v) is 7.59. The Morgan fingerprint density at radius 2 is 1.75 bits per heavy atom. The molecular formula is C16H13BrO3. The van der Waals surface area contributed by atoms with Gasteiger partial charge in [0.2, 0.25) is 0 Å². The van der Waals surface area contributed by atoms with Crippen LogP contribution in [0.3, 0.4) is 0 Å². The number of ether oxygens (including phenoxy) is 1. The van der Waals surface area contributed by atoms with Crippen LogP contribution in [0.2, 0.25) is 0 Å². The van der Waals surface area contributed by atoms with Gasteiger partial charge in [0.05, 0.1) is 5.33 Å². The normalized spacial score (nSPS) is 12.7. The van der Waals surface area contributed by atoms with Gasteiger partial charge >= 0.3 is 5.97 Å². The predicted molar refractivity (Wildman–Crippen MR) is 80.8 cm³/mol. The van der Waals surface area contributed by atoms with Crippen LogP contribution in [0.1, 0.15) is 28.4 Å². The molecule has 2 aromatic rings. The van der Waals surface area contributed by atoms with Crippen molar-refractivity contribution in [2.24, 2.45) is 0 Å². The first-order chi connectivity index (χ1) is 9.61. The Balaban J connectivity index is 2.35. The van der Waals surface area contributed by atoms with Gasteiger partial charge in [-0.25, -0.2) is 0 Å². The molecule has 0 aromatic heterocycles. The highest BCUT2D eigenvalue weighted by atomic mass is 79.9. The maximum atomic E-state index is 12.1. The summed E-state index contributed by atoms with van der Waals surface area (Å²) in [6.07, 6.45) is 1.94. The molecular weight excluding hydrogens is 320 g/mol. The zero-order valence-corrected chi connectivity index (χ0v) is 12.6. The SMILES string of the molecule is CC(=O)Oc1ccc2c3c(ccc(C(=O)CBr)c13)CC2. The number of hydrogen-bond donors (Lipinski definition) is 0. The number of esters is 1. The molecule has 0 saturated carbocycles. The number of ketones is 1. The summed E-state index contributed by atoms with van der Waals surface area (Å²) < 4.78 is 5.29. The van der Waals surface area contributed by atoms with E-state index in [1.54, 1.807) is 6.07 Å². The van der Waals surface area contributed by atoms with Crippen molar-refractivity contribution in [3.05, 3.63) is 41.0 Å². The van der Waals surface area contributed by atoms with Gasteiger partial charge < -0.3 is 4.74 Å². The van der Waals surface area contributed by atoms with Gasteiger partial charge in [0.25, 0.3) is 0 Å². The van der Waals surface area contributed by atoms with E-state index in [2.05, 4.69) is 15.9 Å². The van der Waals surface area contributed by atoms with Gasteiger partial charge in [-0.15, -0.1) is 0 Å². The number of carbonyl (C=O) groups is 2. The van der Waals surface area contributed by atoms with Crippen LogP contribution in [0, 0.1) is 0 Å². The van der Waals surface area contributed by atoms with Crippen molar-refractivity contribution in [1.82, 2.24) is 0 Å². The highest BCUT2D eigenvalue weighted by Gasteiger charge is 2.22. The fourth-order valence-corrected chi connectivity index (χ4v) is 3.14. The molecule has 0 heterocycles. The van der Waals surface area contributed by atoms with Gasteiger partial charge in [-0.2, -0.15) is 0 Å². The summed E-state index contributed by atoms with van der Waals surface area (Å²) in [7, 11) is 0. The van der Waals surface area contributed by atoms with E-state index in [9.17, 15) is 9.59 Å². The minimum absolute atomic E-state index is 0.00555. The third-order valence-corrected chi connectivity index (χ3v) is 4.14. The standard InChI is InChI=1S/C16H13BrO3/c1-9(18)20-14-7-5-11-3-2-10-4-6-12(13(19)8-17)16(14)15(10)11/h4-7H,2-3,8H2,1H3. The molecule has 0 amide bonds. The first kappa shape index (κ1) is 13.3. The van der Waals surface area contributed by atoms with E-state index in [4.69, 9.17) is 4.74 Å². The average molecular weight is 333 g/mol. The van der Waals surface area contributed by atoms with Crippen LogP contribution in [0.25, 0.3) is 10.8 Å². The number of aryl methyl sites for hydroxylation is 2. The number of carbonyl (C=O) groups excluding carboxylic acids is 2. The molecule has 20 heavy (non-hydrogen) atoms. The summed E-state index contributed by atoms with van der Waals surface area (Å²) in [5, 5.41) is 2.11. The van der Waals surface area contributed by atoms with E-state index in [1.165, 1.54) is 18.1 Å². The second kappa shape index (κ2) is 5.02. The van der Waals surface area contributed by atoms with Crippen LogP contribution in [0.4, 0.5) is 0 Å². The van der Waals surface area contributed by atoms with Crippen molar-refractivity contribution in [3.8, 4) is 5.75 Å². The van der Waals surface area contributed by atoms with E-state index in [-0.39, 0.29) is 17.1 Å². The molecule has 0 radical (unpaired) electrons. The fraction of sp³-hybridized carbons (Fsp3) is 0.250. The summed E-state index contributed by atoms with van der Waals surface area (Å²) in [6, 6.07) is 7.62. The van der Waals surface area contributed by atoms with E-state index in [0.29, 0.717) is 11.3 Å². The van der Waals surface area contributed by atoms with Gasteiger partial charge in [-0.1, -0.05) is 34.1 Å². The Kier molecular flexibility index (Phi) is 3.34. The lowest BCUT2D eigenvalue weighted by atomic mass is 9.97. The molecule has 4 heteroatoms. The zero-order chi connectivity index (χ0) is 14.3. The predicted octanol–water partition coefficient (Wildman–Crippen LogP) is 3.44. The van der Waals surface area contributed by atoms with Crippen LogP contribution >= 0.6 is 15.9 Å². The summed E-state index contributed by atoms with van der Waals surface area (Å²) in [5.74, 6) is 0.0965. The quantitative estimate of drug-likeness (QED) is 0.374. The molecule has 1 aliphatic rings. The van der Waals surface area contributed by atoms with Gasteiger partial charge in [-0.3, -0.25) is 9.59 Å². The summed E-state index contributed by atoms with van der Waals surface area (Å²) in [6.45, 7) is 1.37. The first-order valence-electron chi connectivity index (χ1n) is 6.47. The monoisotopic (exact) mass is 332 g/mol. The summed E-state index contributed by atoms with van der Waals surface area (Å²) >= 11 is 3.21. The van der Waals surface area contributed by atoms with Crippen LogP contribution in [0.15, 0.2) is 24.3 Å². The molecule has 0 N–H and O–H groups in total. The average Bonchev–Trinajstić information content (AvgIpc) is 2.85. The minimum atomic E-state index is -0.374. The van der Waals surface area contributed by atoms with E-state index in [0.717, 1.165) is 23.6 Å². The lowest BCUT2D eigenvalue weighted by Crippen LogP contribution is -2.06. The van der Waals surface area contributed by atoms with Gasteiger partial charge in [0.1, 0.15) is 5.75 Å². The van der Waals surface area contributed by atoms with E-state index >= 15 is 0 Å². The molecule has 0 fully saturated rings. The molecule has 0 atom stereocenters. The van der Waals surface area contributed by atoms with Crippen LogP contribution in [-0.2, 0) is 17.6 Å². The van der Waals surface area contributed by atoms with E-state index in [1.807, 2.05) is 18.2 Å². The molecule has 3 rings (SSSR count). The van der Waals surface area contributed by atoms with Crippen LogP contribution < -0.4 is 4.74 Å². The largest absolute Gasteiger partial charge is 0.426 e. The van der Waals surface area contributed by atoms with Crippen molar-refractivity contribution >= 4 is 38.5 Å². The lowest BCUT2D eigenvalue weighted by molar-refractivity contribution is -0.131. The number of benzene rings is 2. The Morgan fingerprint density at radius 1 is 1.10 bits per heavy atom. The molecule has 2 aromatic carbocycles. The lowest BCUT2D eigenvalue weighted by Gasteiger charge is -2.12. The zero-order valence-electron chi connectivity index (χ0n) is 11.0. The molecule has 0 saturated heterocycles. The third-order valence-electron chi connectivity index (χ3n) is 3.63. The molecule has 0 bridgehead atoms. The number of Topliss-reactive ketones (excluding diaryl/α,β-unsaturated/α-hetero) is 1.